The van der Waals surface area contributed by atoms with Crippen molar-refractivity contribution < 1.29 is 23.4 Å². The Morgan fingerprint density at radius 1 is 1.48 bits per heavy atom. The van der Waals surface area contributed by atoms with Crippen LogP contribution in [0.3, 0.4) is 0 Å². The van der Waals surface area contributed by atoms with Crippen molar-refractivity contribution in [1.29, 1.82) is 0 Å². The monoisotopic (exact) mass is 319 g/mol. The van der Waals surface area contributed by atoms with Crippen molar-refractivity contribution in [1.82, 2.24) is 14.2 Å². The van der Waals surface area contributed by atoms with Crippen LogP contribution in [-0.2, 0) is 17.1 Å². The first-order chi connectivity index (χ1) is 9.44. The maximum Gasteiger partial charge on any atom is 0.352 e. The van der Waals surface area contributed by atoms with Crippen LogP contribution in [0.5, 0.6) is 0 Å². The predicted octanol–water partition coefficient (Wildman–Crippen LogP) is -0.686. The van der Waals surface area contributed by atoms with E-state index in [0.29, 0.717) is 0 Å². The van der Waals surface area contributed by atoms with Crippen molar-refractivity contribution in [3.63, 3.8) is 0 Å². The molecule has 0 saturated heterocycles. The van der Waals surface area contributed by atoms with Crippen molar-refractivity contribution in [2.24, 2.45) is 7.05 Å². The highest BCUT2D eigenvalue weighted by Crippen LogP contribution is 2.14. The SMILES string of the molecule is CN(C)CC(C)(O)CNS(=O)(=O)c1cc(C(=O)O)n(C)c1. The molecule has 0 bridgehead atoms. The molecule has 0 saturated carbocycles. The third-order valence-corrected chi connectivity index (χ3v) is 4.18. The van der Waals surface area contributed by atoms with Gasteiger partial charge in [0.25, 0.3) is 0 Å². The van der Waals surface area contributed by atoms with Gasteiger partial charge in [-0.15, -0.1) is 0 Å². The van der Waals surface area contributed by atoms with Crippen molar-refractivity contribution >= 4 is 16.0 Å². The summed E-state index contributed by atoms with van der Waals surface area (Å²) in [4.78, 5) is 12.5. The van der Waals surface area contributed by atoms with Crippen LogP contribution in [0.15, 0.2) is 17.2 Å². The van der Waals surface area contributed by atoms with Crippen LogP contribution < -0.4 is 4.72 Å². The summed E-state index contributed by atoms with van der Waals surface area (Å²) >= 11 is 0. The molecule has 1 aromatic rings. The molecule has 8 nitrogen and oxygen atoms in total. The Kier molecular flexibility index (Phi) is 5.16. The number of likely N-dealkylation sites (N-methyl/N-ethyl adjacent to an activating group) is 1. The molecule has 3 N–H and O–H groups in total. The number of carboxylic acids is 1. The number of aromatic nitrogens is 1. The number of aliphatic hydroxyl groups is 1. The number of aromatic carboxylic acids is 1. The van der Waals surface area contributed by atoms with Gasteiger partial charge in [-0.1, -0.05) is 0 Å². The smallest absolute Gasteiger partial charge is 0.352 e. The number of hydrogen-bond acceptors (Lipinski definition) is 5. The number of hydrogen-bond donors (Lipinski definition) is 3. The second-order valence-corrected chi connectivity index (χ2v) is 7.30. The van der Waals surface area contributed by atoms with Gasteiger partial charge in [0.15, 0.2) is 0 Å². The molecule has 1 rings (SSSR count). The van der Waals surface area contributed by atoms with Gasteiger partial charge in [0.1, 0.15) is 10.6 Å². The van der Waals surface area contributed by atoms with Crippen LogP contribution >= 0.6 is 0 Å². The highest BCUT2D eigenvalue weighted by Gasteiger charge is 2.26. The summed E-state index contributed by atoms with van der Waals surface area (Å²) in [6.07, 6.45) is 1.21. The Bertz CT molecular complexity index is 619. The summed E-state index contributed by atoms with van der Waals surface area (Å²) in [6, 6.07) is 1.07. The van der Waals surface area contributed by atoms with Crippen LogP contribution in [0.1, 0.15) is 17.4 Å². The zero-order valence-corrected chi connectivity index (χ0v) is 13.3. The highest BCUT2D eigenvalue weighted by atomic mass is 32.2. The van der Waals surface area contributed by atoms with Gasteiger partial charge in [-0.25, -0.2) is 17.9 Å². The van der Waals surface area contributed by atoms with Crippen LogP contribution in [0.2, 0.25) is 0 Å². The normalized spacial score (nSPS) is 15.1. The van der Waals surface area contributed by atoms with E-state index in [9.17, 15) is 18.3 Å². The minimum atomic E-state index is -3.88. The van der Waals surface area contributed by atoms with Gasteiger partial charge in [-0.05, 0) is 27.1 Å². The summed E-state index contributed by atoms with van der Waals surface area (Å²) in [6.45, 7) is 1.62. The predicted molar refractivity (Wildman–Crippen MR) is 76.7 cm³/mol. The maximum absolute atomic E-state index is 12.1. The third kappa shape index (κ3) is 4.81. The van der Waals surface area contributed by atoms with E-state index < -0.39 is 21.6 Å². The van der Waals surface area contributed by atoms with Crippen LogP contribution in [0.25, 0.3) is 0 Å². The fraction of sp³-hybridized carbons (Fsp3) is 0.583. The van der Waals surface area contributed by atoms with Gasteiger partial charge in [0.2, 0.25) is 10.0 Å². The molecule has 0 radical (unpaired) electrons. The number of carboxylic acid groups (broad SMARTS) is 1. The Labute approximate surface area is 124 Å². The zero-order valence-electron chi connectivity index (χ0n) is 12.5. The van der Waals surface area contributed by atoms with E-state index >= 15 is 0 Å². The number of nitrogens with one attached hydrogen (secondary N) is 1. The van der Waals surface area contributed by atoms with Crippen molar-refractivity contribution in [3.05, 3.63) is 18.0 Å². The van der Waals surface area contributed by atoms with Crippen molar-refractivity contribution in [3.8, 4) is 0 Å². The lowest BCUT2D eigenvalue weighted by Gasteiger charge is -2.26. The number of rotatable bonds is 7. The first kappa shape index (κ1) is 17.6. The average molecular weight is 319 g/mol. The highest BCUT2D eigenvalue weighted by molar-refractivity contribution is 7.89. The summed E-state index contributed by atoms with van der Waals surface area (Å²) in [7, 11) is 1.10. The fourth-order valence-corrected chi connectivity index (χ4v) is 3.20. The van der Waals surface area contributed by atoms with Crippen LogP contribution in [0, 0.1) is 0 Å². The number of nitrogens with zero attached hydrogens (tertiary/aromatic N) is 2. The molecule has 1 atom stereocenters. The number of aryl methyl sites for hydroxylation is 1. The zero-order chi connectivity index (χ0) is 16.4. The molecular weight excluding hydrogens is 298 g/mol. The van der Waals surface area contributed by atoms with Gasteiger partial charge in [-0.3, -0.25) is 0 Å². The van der Waals surface area contributed by atoms with Gasteiger partial charge in [0, 0.05) is 26.3 Å². The van der Waals surface area contributed by atoms with E-state index in [2.05, 4.69) is 4.72 Å². The molecule has 0 aromatic carbocycles. The van der Waals surface area contributed by atoms with Crippen LogP contribution in [-0.4, -0.2) is 66.9 Å². The van der Waals surface area contributed by atoms with Crippen LogP contribution in [0.4, 0.5) is 0 Å². The molecule has 1 unspecified atom stereocenters. The summed E-state index contributed by atoms with van der Waals surface area (Å²) in [5, 5.41) is 19.0. The topological polar surface area (TPSA) is 112 Å². The lowest BCUT2D eigenvalue weighted by atomic mass is 10.1. The van der Waals surface area contributed by atoms with E-state index in [1.165, 1.54) is 24.7 Å². The van der Waals surface area contributed by atoms with Gasteiger partial charge in [0.05, 0.1) is 5.60 Å². The third-order valence-electron chi connectivity index (χ3n) is 2.81. The molecule has 9 heteroatoms. The summed E-state index contributed by atoms with van der Waals surface area (Å²) in [5.74, 6) is -1.21. The molecule has 0 amide bonds. The molecule has 0 fully saturated rings. The molecule has 0 aliphatic heterocycles. The van der Waals surface area contributed by atoms with Gasteiger partial charge >= 0.3 is 5.97 Å². The lowest BCUT2D eigenvalue weighted by Crippen LogP contribution is -2.47. The van der Waals surface area contributed by atoms with Crippen molar-refractivity contribution in [2.45, 2.75) is 17.4 Å². The first-order valence-electron chi connectivity index (χ1n) is 6.21. The summed E-state index contributed by atoms with van der Waals surface area (Å²) in [5.41, 5.74) is -1.36. The first-order valence-corrected chi connectivity index (χ1v) is 7.69. The molecular formula is C12H21N3O5S. The van der Waals surface area contributed by atoms with E-state index in [0.717, 1.165) is 6.07 Å². The molecule has 21 heavy (non-hydrogen) atoms. The minimum Gasteiger partial charge on any atom is -0.477 e. The van der Waals surface area contributed by atoms with Gasteiger partial charge in [-0.2, -0.15) is 0 Å². The Hall–Kier alpha value is -1.42. The fourth-order valence-electron chi connectivity index (χ4n) is 1.96. The number of sulfonamides is 1. The molecule has 1 aromatic heterocycles. The van der Waals surface area contributed by atoms with Crippen molar-refractivity contribution in [2.75, 3.05) is 27.2 Å². The molecule has 0 spiro atoms. The molecule has 120 valence electrons. The maximum atomic E-state index is 12.1. The second-order valence-electron chi connectivity index (χ2n) is 5.54. The molecule has 0 aliphatic carbocycles. The largest absolute Gasteiger partial charge is 0.477 e. The second kappa shape index (κ2) is 6.14. The Morgan fingerprint density at radius 2 is 2.05 bits per heavy atom. The van der Waals surface area contributed by atoms with E-state index in [-0.39, 0.29) is 23.7 Å². The van der Waals surface area contributed by atoms with Gasteiger partial charge < -0.3 is 19.7 Å². The molecule has 0 aliphatic rings. The van der Waals surface area contributed by atoms with E-state index in [1.54, 1.807) is 19.0 Å². The number of carbonyl (C=O) groups is 1. The lowest BCUT2D eigenvalue weighted by molar-refractivity contribution is 0.0386. The molecule has 1 heterocycles. The van der Waals surface area contributed by atoms with E-state index in [1.807, 2.05) is 0 Å². The average Bonchev–Trinajstić information content (AvgIpc) is 2.68. The summed E-state index contributed by atoms with van der Waals surface area (Å²) < 4.78 is 27.7. The Balaban J connectivity index is 2.88. The standard InChI is InChI=1S/C12H21N3O5S/c1-12(18,8-14(2)3)7-13-21(19,20)9-5-10(11(16)17)15(4)6-9/h5-6,13,18H,7-8H2,1-4H3,(H,16,17). The minimum absolute atomic E-state index is 0.129. The Morgan fingerprint density at radius 3 is 2.48 bits per heavy atom. The van der Waals surface area contributed by atoms with E-state index in [4.69, 9.17) is 5.11 Å². The quantitative estimate of drug-likeness (QED) is 0.613.